The van der Waals surface area contributed by atoms with Gasteiger partial charge in [-0.2, -0.15) is 5.26 Å². The second-order valence-corrected chi connectivity index (χ2v) is 4.61. The van der Waals surface area contributed by atoms with Crippen molar-refractivity contribution in [1.29, 1.82) is 5.26 Å². The first-order chi connectivity index (χ1) is 9.51. The quantitative estimate of drug-likeness (QED) is 0.647. The van der Waals surface area contributed by atoms with Gasteiger partial charge in [-0.05, 0) is 6.42 Å². The Hall–Kier alpha value is -2.69. The summed E-state index contributed by atoms with van der Waals surface area (Å²) in [4.78, 5) is 27.3. The van der Waals surface area contributed by atoms with E-state index in [-0.39, 0.29) is 29.0 Å². The number of hydrogen-bond donors (Lipinski definition) is 1. The highest BCUT2D eigenvalue weighted by Crippen LogP contribution is 2.25. The zero-order valence-corrected chi connectivity index (χ0v) is 10.9. The van der Waals surface area contributed by atoms with Gasteiger partial charge in [-0.3, -0.25) is 14.9 Å². The first-order valence-corrected chi connectivity index (χ1v) is 6.06. The van der Waals surface area contributed by atoms with Crippen molar-refractivity contribution in [3.8, 4) is 6.07 Å². The third kappa shape index (κ3) is 2.83. The Morgan fingerprint density at radius 1 is 1.65 bits per heavy atom. The van der Waals surface area contributed by atoms with E-state index in [0.29, 0.717) is 19.4 Å². The van der Waals surface area contributed by atoms with Gasteiger partial charge in [0.2, 0.25) is 11.7 Å². The lowest BCUT2D eigenvalue weighted by atomic mass is 10.1. The Labute approximate surface area is 115 Å². The van der Waals surface area contributed by atoms with Gasteiger partial charge in [0.05, 0.1) is 10.5 Å². The highest BCUT2D eigenvalue weighted by Gasteiger charge is 2.25. The molecule has 2 rings (SSSR count). The van der Waals surface area contributed by atoms with Gasteiger partial charge in [-0.15, -0.1) is 0 Å². The van der Waals surface area contributed by atoms with E-state index in [9.17, 15) is 14.9 Å². The SMILES string of the molecule is CN1CC(Nc2ncc(C#N)cc2[N+](=O)[O-])CCC1=O. The van der Waals surface area contributed by atoms with Crippen LogP contribution in [0.15, 0.2) is 12.3 Å². The predicted octanol–water partition coefficient (Wildman–Crippen LogP) is 0.894. The van der Waals surface area contributed by atoms with Crippen molar-refractivity contribution in [1.82, 2.24) is 9.88 Å². The largest absolute Gasteiger partial charge is 0.360 e. The minimum absolute atomic E-state index is 0.0605. The fourth-order valence-corrected chi connectivity index (χ4v) is 2.09. The Morgan fingerprint density at radius 3 is 3.00 bits per heavy atom. The molecule has 8 nitrogen and oxygen atoms in total. The van der Waals surface area contributed by atoms with Crippen molar-refractivity contribution in [2.75, 3.05) is 18.9 Å². The van der Waals surface area contributed by atoms with Crippen LogP contribution in [0.5, 0.6) is 0 Å². The van der Waals surface area contributed by atoms with Crippen LogP contribution in [0, 0.1) is 21.4 Å². The Balaban J connectivity index is 2.19. The standard InChI is InChI=1S/C12H13N5O3/c1-16-7-9(2-3-11(16)18)15-12-10(17(19)20)4-8(5-13)6-14-12/h4,6,9H,2-3,7H2,1H3,(H,14,15). The number of anilines is 1. The maximum Gasteiger partial charge on any atom is 0.312 e. The first-order valence-electron chi connectivity index (χ1n) is 6.06. The number of nitro groups is 1. The van der Waals surface area contributed by atoms with E-state index >= 15 is 0 Å². The molecule has 1 N–H and O–H groups in total. The van der Waals surface area contributed by atoms with Crippen LogP contribution in [0.1, 0.15) is 18.4 Å². The average Bonchev–Trinajstić information content (AvgIpc) is 2.43. The molecule has 1 fully saturated rings. The number of hydrogen-bond acceptors (Lipinski definition) is 6. The summed E-state index contributed by atoms with van der Waals surface area (Å²) in [5, 5.41) is 22.7. The van der Waals surface area contributed by atoms with Gasteiger partial charge in [0.15, 0.2) is 0 Å². The number of carbonyl (C=O) groups is 1. The van der Waals surface area contributed by atoms with Crippen molar-refractivity contribution in [3.63, 3.8) is 0 Å². The van der Waals surface area contributed by atoms with Crippen LogP contribution in [-0.4, -0.2) is 40.3 Å². The number of amides is 1. The summed E-state index contributed by atoms with van der Waals surface area (Å²) in [6, 6.07) is 2.92. The molecule has 1 atom stereocenters. The average molecular weight is 275 g/mol. The zero-order chi connectivity index (χ0) is 14.7. The van der Waals surface area contributed by atoms with Crippen LogP contribution in [0.25, 0.3) is 0 Å². The molecule has 0 radical (unpaired) electrons. The van der Waals surface area contributed by atoms with Crippen LogP contribution in [-0.2, 0) is 4.79 Å². The highest BCUT2D eigenvalue weighted by molar-refractivity contribution is 5.77. The number of nitrogens with one attached hydrogen (secondary N) is 1. The summed E-state index contributed by atoms with van der Waals surface area (Å²) in [6.45, 7) is 0.470. The molecule has 104 valence electrons. The molecule has 1 aromatic rings. The van der Waals surface area contributed by atoms with Crippen molar-refractivity contribution in [3.05, 3.63) is 27.9 Å². The van der Waals surface area contributed by atoms with Crippen LogP contribution >= 0.6 is 0 Å². The number of pyridine rings is 1. The van der Waals surface area contributed by atoms with Crippen LogP contribution in [0.4, 0.5) is 11.5 Å². The van der Waals surface area contributed by atoms with Gasteiger partial charge in [-0.1, -0.05) is 0 Å². The minimum Gasteiger partial charge on any atom is -0.360 e. The Morgan fingerprint density at radius 2 is 2.40 bits per heavy atom. The first kappa shape index (κ1) is 13.7. The zero-order valence-electron chi connectivity index (χ0n) is 10.9. The fourth-order valence-electron chi connectivity index (χ4n) is 2.09. The smallest absolute Gasteiger partial charge is 0.312 e. The molecule has 0 spiro atoms. The molecule has 0 bridgehead atoms. The van der Waals surface area contributed by atoms with E-state index in [0.717, 1.165) is 0 Å². The molecular weight excluding hydrogens is 262 g/mol. The summed E-state index contributed by atoms with van der Waals surface area (Å²) in [6.07, 6.45) is 2.28. The minimum atomic E-state index is -0.576. The monoisotopic (exact) mass is 275 g/mol. The third-order valence-corrected chi connectivity index (χ3v) is 3.16. The summed E-state index contributed by atoms with van der Waals surface area (Å²) in [7, 11) is 1.69. The number of carbonyl (C=O) groups excluding carboxylic acids is 1. The number of nitrogens with zero attached hydrogens (tertiary/aromatic N) is 4. The molecular formula is C12H13N5O3. The molecule has 1 saturated heterocycles. The van der Waals surface area contributed by atoms with Crippen LogP contribution in [0.2, 0.25) is 0 Å². The number of likely N-dealkylation sites (tertiary alicyclic amines) is 1. The topological polar surface area (TPSA) is 112 Å². The molecule has 8 heteroatoms. The van der Waals surface area contributed by atoms with Crippen molar-refractivity contribution >= 4 is 17.4 Å². The number of piperidine rings is 1. The van der Waals surface area contributed by atoms with E-state index in [1.807, 2.05) is 6.07 Å². The molecule has 1 amide bonds. The molecule has 0 aromatic carbocycles. The van der Waals surface area contributed by atoms with Crippen molar-refractivity contribution < 1.29 is 9.72 Å². The predicted molar refractivity (Wildman–Crippen MR) is 69.9 cm³/mol. The fraction of sp³-hybridized carbons (Fsp3) is 0.417. The third-order valence-electron chi connectivity index (χ3n) is 3.16. The van der Waals surface area contributed by atoms with Gasteiger partial charge >= 0.3 is 5.69 Å². The van der Waals surface area contributed by atoms with Gasteiger partial charge in [-0.25, -0.2) is 4.98 Å². The molecule has 1 aliphatic rings. The molecule has 1 aromatic heterocycles. The van der Waals surface area contributed by atoms with E-state index in [4.69, 9.17) is 5.26 Å². The molecule has 20 heavy (non-hydrogen) atoms. The van der Waals surface area contributed by atoms with Crippen molar-refractivity contribution in [2.45, 2.75) is 18.9 Å². The molecule has 0 aliphatic carbocycles. The second-order valence-electron chi connectivity index (χ2n) is 4.61. The summed E-state index contributed by atoms with van der Waals surface area (Å²) >= 11 is 0. The van der Waals surface area contributed by atoms with Crippen molar-refractivity contribution in [2.24, 2.45) is 0 Å². The van der Waals surface area contributed by atoms with E-state index < -0.39 is 4.92 Å². The van der Waals surface area contributed by atoms with E-state index in [1.54, 1.807) is 11.9 Å². The van der Waals surface area contributed by atoms with E-state index in [2.05, 4.69) is 10.3 Å². The lowest BCUT2D eigenvalue weighted by Gasteiger charge is -2.30. The molecule has 2 heterocycles. The maximum atomic E-state index is 11.4. The molecule has 1 aliphatic heterocycles. The highest BCUT2D eigenvalue weighted by atomic mass is 16.6. The van der Waals surface area contributed by atoms with Crippen LogP contribution < -0.4 is 5.32 Å². The van der Waals surface area contributed by atoms with E-state index in [1.165, 1.54) is 12.3 Å². The summed E-state index contributed by atoms with van der Waals surface area (Å²) < 4.78 is 0. The normalized spacial score (nSPS) is 18.5. The van der Waals surface area contributed by atoms with Gasteiger partial charge in [0.1, 0.15) is 6.07 Å². The number of likely N-dealkylation sites (N-methyl/N-ethyl adjacent to an activating group) is 1. The second kappa shape index (κ2) is 5.52. The Kier molecular flexibility index (Phi) is 3.79. The number of rotatable bonds is 3. The Bertz CT molecular complexity index is 595. The summed E-state index contributed by atoms with van der Waals surface area (Å²) in [5.41, 5.74) is -0.0956. The van der Waals surface area contributed by atoms with Gasteiger partial charge in [0.25, 0.3) is 0 Å². The molecule has 0 saturated carbocycles. The maximum absolute atomic E-state index is 11.4. The number of aromatic nitrogens is 1. The number of nitriles is 1. The summed E-state index contributed by atoms with van der Waals surface area (Å²) in [5.74, 6) is 0.187. The van der Waals surface area contributed by atoms with Crippen LogP contribution in [0.3, 0.4) is 0 Å². The lowest BCUT2D eigenvalue weighted by molar-refractivity contribution is -0.384. The molecule has 1 unspecified atom stereocenters. The van der Waals surface area contributed by atoms with Gasteiger partial charge in [0, 0.05) is 38.3 Å². The van der Waals surface area contributed by atoms with Gasteiger partial charge < -0.3 is 10.2 Å². The lowest BCUT2D eigenvalue weighted by Crippen LogP contribution is -2.43.